The molecule has 2 rings (SSSR count). The summed E-state index contributed by atoms with van der Waals surface area (Å²) < 4.78 is 0. The Morgan fingerprint density at radius 1 is 1.33 bits per heavy atom. The van der Waals surface area contributed by atoms with Crippen molar-refractivity contribution in [1.29, 1.82) is 0 Å². The van der Waals surface area contributed by atoms with E-state index in [1.165, 1.54) is 16.7 Å². The van der Waals surface area contributed by atoms with Crippen molar-refractivity contribution in [3.63, 3.8) is 0 Å². The van der Waals surface area contributed by atoms with Gasteiger partial charge in [0.25, 0.3) is 0 Å². The SMILES string of the molecule is CCNC(C)c1cnc(-c2ccc(C)cc2C)[nH]1. The molecule has 0 aliphatic rings. The van der Waals surface area contributed by atoms with Crippen LogP contribution in [0.25, 0.3) is 11.4 Å². The quantitative estimate of drug-likeness (QED) is 0.864. The van der Waals surface area contributed by atoms with E-state index in [0.29, 0.717) is 6.04 Å². The normalized spacial score (nSPS) is 12.7. The highest BCUT2D eigenvalue weighted by molar-refractivity contribution is 5.60. The van der Waals surface area contributed by atoms with Gasteiger partial charge in [-0.15, -0.1) is 0 Å². The molecule has 0 saturated carbocycles. The fourth-order valence-corrected chi connectivity index (χ4v) is 2.19. The lowest BCUT2D eigenvalue weighted by molar-refractivity contribution is 0.586. The molecule has 1 atom stereocenters. The molecule has 2 N–H and O–H groups in total. The summed E-state index contributed by atoms with van der Waals surface area (Å²) in [5.41, 5.74) is 4.85. The van der Waals surface area contributed by atoms with Crippen LogP contribution in [0.3, 0.4) is 0 Å². The topological polar surface area (TPSA) is 40.7 Å². The van der Waals surface area contributed by atoms with E-state index in [0.717, 1.165) is 18.1 Å². The molecule has 1 aromatic carbocycles. The van der Waals surface area contributed by atoms with E-state index in [4.69, 9.17) is 0 Å². The van der Waals surface area contributed by atoms with Crippen molar-refractivity contribution in [2.45, 2.75) is 33.7 Å². The average Bonchev–Trinajstić information content (AvgIpc) is 2.78. The first-order valence-electron chi connectivity index (χ1n) is 6.47. The fourth-order valence-electron chi connectivity index (χ4n) is 2.19. The smallest absolute Gasteiger partial charge is 0.137 e. The number of benzene rings is 1. The Morgan fingerprint density at radius 3 is 2.78 bits per heavy atom. The number of H-pyrrole nitrogens is 1. The van der Waals surface area contributed by atoms with Gasteiger partial charge < -0.3 is 10.3 Å². The van der Waals surface area contributed by atoms with Crippen LogP contribution in [0, 0.1) is 13.8 Å². The predicted octanol–water partition coefficient (Wildman–Crippen LogP) is 3.36. The summed E-state index contributed by atoms with van der Waals surface area (Å²) in [4.78, 5) is 7.89. The van der Waals surface area contributed by atoms with Gasteiger partial charge in [-0.05, 0) is 32.9 Å². The number of hydrogen-bond acceptors (Lipinski definition) is 2. The minimum absolute atomic E-state index is 0.307. The second-order valence-corrected chi connectivity index (χ2v) is 4.78. The van der Waals surface area contributed by atoms with E-state index in [1.54, 1.807) is 0 Å². The summed E-state index contributed by atoms with van der Waals surface area (Å²) in [5, 5.41) is 3.38. The number of nitrogens with one attached hydrogen (secondary N) is 2. The van der Waals surface area contributed by atoms with Crippen LogP contribution in [0.5, 0.6) is 0 Å². The van der Waals surface area contributed by atoms with Crippen LogP contribution in [-0.4, -0.2) is 16.5 Å². The lowest BCUT2D eigenvalue weighted by atomic mass is 10.1. The van der Waals surface area contributed by atoms with Gasteiger partial charge in [0.15, 0.2) is 0 Å². The van der Waals surface area contributed by atoms with Crippen molar-refractivity contribution in [3.05, 3.63) is 41.2 Å². The molecule has 18 heavy (non-hydrogen) atoms. The Hall–Kier alpha value is -1.61. The van der Waals surface area contributed by atoms with Crippen molar-refractivity contribution in [1.82, 2.24) is 15.3 Å². The van der Waals surface area contributed by atoms with Crippen molar-refractivity contribution in [3.8, 4) is 11.4 Å². The molecule has 1 aromatic heterocycles. The highest BCUT2D eigenvalue weighted by Gasteiger charge is 2.10. The molecular weight excluding hydrogens is 222 g/mol. The molecule has 3 nitrogen and oxygen atoms in total. The Balaban J connectivity index is 2.29. The second kappa shape index (κ2) is 5.36. The predicted molar refractivity (Wildman–Crippen MR) is 75.6 cm³/mol. The van der Waals surface area contributed by atoms with Gasteiger partial charge in [0.05, 0.1) is 11.9 Å². The first-order valence-corrected chi connectivity index (χ1v) is 6.47. The average molecular weight is 243 g/mol. The number of aromatic amines is 1. The number of imidazole rings is 1. The van der Waals surface area contributed by atoms with E-state index < -0.39 is 0 Å². The van der Waals surface area contributed by atoms with Gasteiger partial charge in [0, 0.05) is 11.6 Å². The van der Waals surface area contributed by atoms with Gasteiger partial charge in [0.2, 0.25) is 0 Å². The van der Waals surface area contributed by atoms with E-state index in [-0.39, 0.29) is 0 Å². The van der Waals surface area contributed by atoms with Crippen LogP contribution in [0.15, 0.2) is 24.4 Å². The molecule has 3 heteroatoms. The number of hydrogen-bond donors (Lipinski definition) is 2. The first-order chi connectivity index (χ1) is 8.61. The molecular formula is C15H21N3. The van der Waals surface area contributed by atoms with E-state index in [2.05, 4.69) is 61.2 Å². The number of aryl methyl sites for hydroxylation is 2. The van der Waals surface area contributed by atoms with E-state index >= 15 is 0 Å². The number of aromatic nitrogens is 2. The lowest BCUT2D eigenvalue weighted by Gasteiger charge is -2.09. The third-order valence-electron chi connectivity index (χ3n) is 3.21. The van der Waals surface area contributed by atoms with Crippen molar-refractivity contribution < 1.29 is 0 Å². The Morgan fingerprint density at radius 2 is 2.11 bits per heavy atom. The lowest BCUT2D eigenvalue weighted by Crippen LogP contribution is -2.17. The summed E-state index contributed by atoms with van der Waals surface area (Å²) in [6.45, 7) is 9.44. The third kappa shape index (κ3) is 2.62. The minimum Gasteiger partial charge on any atom is -0.341 e. The molecule has 1 unspecified atom stereocenters. The number of nitrogens with zero attached hydrogens (tertiary/aromatic N) is 1. The van der Waals surface area contributed by atoms with Crippen LogP contribution < -0.4 is 5.32 Å². The second-order valence-electron chi connectivity index (χ2n) is 4.78. The van der Waals surface area contributed by atoms with Crippen LogP contribution in [0.1, 0.15) is 36.7 Å². The molecule has 0 aliphatic heterocycles. The maximum Gasteiger partial charge on any atom is 0.137 e. The maximum absolute atomic E-state index is 4.48. The Labute approximate surface area is 109 Å². The van der Waals surface area contributed by atoms with E-state index in [1.807, 2.05) is 6.20 Å². The van der Waals surface area contributed by atoms with Gasteiger partial charge in [-0.1, -0.05) is 30.7 Å². The van der Waals surface area contributed by atoms with E-state index in [9.17, 15) is 0 Å². The molecule has 2 aromatic rings. The maximum atomic E-state index is 4.48. The van der Waals surface area contributed by atoms with Gasteiger partial charge in [-0.3, -0.25) is 0 Å². The highest BCUT2D eigenvalue weighted by Crippen LogP contribution is 2.22. The monoisotopic (exact) mass is 243 g/mol. The minimum atomic E-state index is 0.307. The molecule has 0 fully saturated rings. The van der Waals surface area contributed by atoms with Gasteiger partial charge in [-0.2, -0.15) is 0 Å². The standard InChI is InChI=1S/C15H21N3/c1-5-16-12(4)14-9-17-15(18-14)13-7-6-10(2)8-11(13)3/h6-9,12,16H,5H2,1-4H3,(H,17,18). The zero-order valence-electron chi connectivity index (χ0n) is 11.5. The Kier molecular flexibility index (Phi) is 3.82. The summed E-state index contributed by atoms with van der Waals surface area (Å²) >= 11 is 0. The Bertz CT molecular complexity index is 528. The first kappa shape index (κ1) is 12.8. The molecule has 0 amide bonds. The molecule has 96 valence electrons. The van der Waals surface area contributed by atoms with Crippen molar-refractivity contribution >= 4 is 0 Å². The van der Waals surface area contributed by atoms with Gasteiger partial charge in [0.1, 0.15) is 5.82 Å². The van der Waals surface area contributed by atoms with Crippen LogP contribution in [-0.2, 0) is 0 Å². The summed E-state index contributed by atoms with van der Waals surface area (Å²) in [6.07, 6.45) is 1.92. The molecule has 1 heterocycles. The molecule has 0 bridgehead atoms. The number of rotatable bonds is 4. The zero-order valence-corrected chi connectivity index (χ0v) is 11.5. The van der Waals surface area contributed by atoms with Crippen molar-refractivity contribution in [2.24, 2.45) is 0 Å². The molecule has 0 spiro atoms. The van der Waals surface area contributed by atoms with Gasteiger partial charge >= 0.3 is 0 Å². The van der Waals surface area contributed by atoms with Crippen LogP contribution >= 0.6 is 0 Å². The van der Waals surface area contributed by atoms with Crippen molar-refractivity contribution in [2.75, 3.05) is 6.54 Å². The van der Waals surface area contributed by atoms with Gasteiger partial charge in [-0.25, -0.2) is 4.98 Å². The third-order valence-corrected chi connectivity index (χ3v) is 3.21. The largest absolute Gasteiger partial charge is 0.341 e. The highest BCUT2D eigenvalue weighted by atomic mass is 15.0. The summed E-state index contributed by atoms with van der Waals surface area (Å²) in [5.74, 6) is 0.951. The van der Waals surface area contributed by atoms with Crippen LogP contribution in [0.4, 0.5) is 0 Å². The molecule has 0 aliphatic carbocycles. The summed E-state index contributed by atoms with van der Waals surface area (Å²) in [7, 11) is 0. The molecule has 0 saturated heterocycles. The molecule has 0 radical (unpaired) electrons. The fraction of sp³-hybridized carbons (Fsp3) is 0.400. The van der Waals surface area contributed by atoms with Crippen LogP contribution in [0.2, 0.25) is 0 Å². The summed E-state index contributed by atoms with van der Waals surface area (Å²) in [6, 6.07) is 6.75. The zero-order chi connectivity index (χ0) is 13.1.